The summed E-state index contributed by atoms with van der Waals surface area (Å²) in [6, 6.07) is 5.40. The van der Waals surface area contributed by atoms with Crippen molar-refractivity contribution >= 4 is 0 Å². The van der Waals surface area contributed by atoms with Crippen LogP contribution in [0.25, 0.3) is 0 Å². The summed E-state index contributed by atoms with van der Waals surface area (Å²) in [7, 11) is 0. The minimum Gasteiger partial charge on any atom is -0.406 e. The van der Waals surface area contributed by atoms with Crippen molar-refractivity contribution in [1.82, 2.24) is 0 Å². The molecule has 1 aliphatic rings. The summed E-state index contributed by atoms with van der Waals surface area (Å²) in [5.74, 6) is -0.0581. The molecule has 112 valence electrons. The van der Waals surface area contributed by atoms with Crippen LogP contribution >= 0.6 is 0 Å². The van der Waals surface area contributed by atoms with Gasteiger partial charge < -0.3 is 14.6 Å². The first-order valence-electron chi connectivity index (χ1n) is 6.56. The number of aliphatic hydroxyl groups is 1. The second kappa shape index (κ2) is 6.01. The van der Waals surface area contributed by atoms with Gasteiger partial charge in [0.1, 0.15) is 11.9 Å². The van der Waals surface area contributed by atoms with E-state index in [2.05, 4.69) is 4.74 Å². The van der Waals surface area contributed by atoms with Crippen molar-refractivity contribution < 1.29 is 27.8 Å². The van der Waals surface area contributed by atoms with Crippen molar-refractivity contribution in [2.45, 2.75) is 38.3 Å². The molecule has 0 aromatic heterocycles. The summed E-state index contributed by atoms with van der Waals surface area (Å²) in [4.78, 5) is 0. The Balaban J connectivity index is 2.12. The summed E-state index contributed by atoms with van der Waals surface area (Å²) in [6.07, 6.45) is -4.11. The van der Waals surface area contributed by atoms with Crippen molar-refractivity contribution in [1.29, 1.82) is 0 Å². The summed E-state index contributed by atoms with van der Waals surface area (Å²) in [5, 5.41) is 10.3. The highest BCUT2D eigenvalue weighted by atomic mass is 19.4. The Hall–Kier alpha value is -1.27. The number of halogens is 3. The van der Waals surface area contributed by atoms with Gasteiger partial charge in [0.25, 0.3) is 0 Å². The molecule has 3 nitrogen and oxygen atoms in total. The van der Waals surface area contributed by atoms with Gasteiger partial charge in [-0.25, -0.2) is 0 Å². The van der Waals surface area contributed by atoms with E-state index in [1.165, 1.54) is 18.2 Å². The van der Waals surface area contributed by atoms with Gasteiger partial charge in [0.2, 0.25) is 0 Å². The van der Waals surface area contributed by atoms with Crippen LogP contribution in [0.5, 0.6) is 5.75 Å². The fraction of sp³-hybridized carbons (Fsp3) is 0.571. The maximum Gasteiger partial charge on any atom is 0.573 e. The minimum absolute atomic E-state index is 0.275. The molecule has 0 radical (unpaired) electrons. The molecule has 1 aromatic carbocycles. The molecule has 1 aromatic rings. The van der Waals surface area contributed by atoms with Crippen molar-refractivity contribution in [3.63, 3.8) is 0 Å². The summed E-state index contributed by atoms with van der Waals surface area (Å²) >= 11 is 0. The lowest BCUT2D eigenvalue weighted by Crippen LogP contribution is -2.25. The van der Waals surface area contributed by atoms with E-state index in [0.29, 0.717) is 12.2 Å². The van der Waals surface area contributed by atoms with Crippen LogP contribution in [0.3, 0.4) is 0 Å². The van der Waals surface area contributed by atoms with Crippen LogP contribution in [-0.2, 0) is 4.74 Å². The van der Waals surface area contributed by atoms with Crippen LogP contribution in [0, 0.1) is 5.92 Å². The largest absolute Gasteiger partial charge is 0.573 e. The lowest BCUT2D eigenvalue weighted by atomic mass is 10.0. The number of hydrogen-bond donors (Lipinski definition) is 1. The predicted octanol–water partition coefficient (Wildman–Crippen LogP) is 3.43. The topological polar surface area (TPSA) is 38.7 Å². The van der Waals surface area contributed by atoms with Gasteiger partial charge in [-0.2, -0.15) is 0 Å². The SMILES string of the molecule is CCOC(C1CC1)C(O)c1cccc(OC(F)(F)F)c1. The van der Waals surface area contributed by atoms with Gasteiger partial charge in [0, 0.05) is 6.61 Å². The fourth-order valence-electron chi connectivity index (χ4n) is 2.19. The third-order valence-corrected chi connectivity index (χ3v) is 3.19. The first-order chi connectivity index (χ1) is 9.40. The Morgan fingerprint density at radius 2 is 2.05 bits per heavy atom. The molecule has 1 N–H and O–H groups in total. The van der Waals surface area contributed by atoms with E-state index in [9.17, 15) is 18.3 Å². The van der Waals surface area contributed by atoms with Crippen LogP contribution in [-0.4, -0.2) is 24.2 Å². The first-order valence-corrected chi connectivity index (χ1v) is 6.56. The van der Waals surface area contributed by atoms with Crippen molar-refractivity contribution in [2.24, 2.45) is 5.92 Å². The molecule has 20 heavy (non-hydrogen) atoms. The van der Waals surface area contributed by atoms with Gasteiger partial charge in [-0.15, -0.1) is 13.2 Å². The molecule has 0 spiro atoms. The van der Waals surface area contributed by atoms with Gasteiger partial charge >= 0.3 is 6.36 Å². The fourth-order valence-corrected chi connectivity index (χ4v) is 2.19. The zero-order valence-corrected chi connectivity index (χ0v) is 11.1. The quantitative estimate of drug-likeness (QED) is 0.872. The van der Waals surface area contributed by atoms with Crippen LogP contribution in [0.2, 0.25) is 0 Å². The normalized spacial score (nSPS) is 18.6. The Morgan fingerprint density at radius 3 is 2.60 bits per heavy atom. The average molecular weight is 290 g/mol. The summed E-state index contributed by atoms with van der Waals surface area (Å²) in [5.41, 5.74) is 0.372. The van der Waals surface area contributed by atoms with Gasteiger partial charge in [0.05, 0.1) is 6.10 Å². The smallest absolute Gasteiger partial charge is 0.406 e. The maximum absolute atomic E-state index is 12.2. The highest BCUT2D eigenvalue weighted by Gasteiger charge is 2.37. The van der Waals surface area contributed by atoms with Gasteiger partial charge in [-0.1, -0.05) is 12.1 Å². The zero-order chi connectivity index (χ0) is 14.8. The molecule has 6 heteroatoms. The van der Waals surface area contributed by atoms with E-state index in [4.69, 9.17) is 4.74 Å². The number of rotatable bonds is 6. The zero-order valence-electron chi connectivity index (χ0n) is 11.1. The van der Waals surface area contributed by atoms with Crippen LogP contribution < -0.4 is 4.74 Å². The highest BCUT2D eigenvalue weighted by Crippen LogP contribution is 2.40. The van der Waals surface area contributed by atoms with Crippen molar-refractivity contribution in [3.8, 4) is 5.75 Å². The molecule has 0 aliphatic heterocycles. The molecular formula is C14H17F3O3. The second-order valence-corrected chi connectivity index (χ2v) is 4.82. The highest BCUT2D eigenvalue weighted by molar-refractivity contribution is 5.30. The van der Waals surface area contributed by atoms with Crippen molar-refractivity contribution in [2.75, 3.05) is 6.61 Å². The predicted molar refractivity (Wildman–Crippen MR) is 66.2 cm³/mol. The van der Waals surface area contributed by atoms with E-state index < -0.39 is 12.5 Å². The van der Waals surface area contributed by atoms with E-state index in [-0.39, 0.29) is 17.8 Å². The van der Waals surface area contributed by atoms with E-state index >= 15 is 0 Å². The summed E-state index contributed by atoms with van der Waals surface area (Å²) in [6.45, 7) is 2.28. The minimum atomic E-state index is -4.74. The van der Waals surface area contributed by atoms with Gasteiger partial charge in [0.15, 0.2) is 0 Å². The molecule has 0 saturated heterocycles. The summed E-state index contributed by atoms with van der Waals surface area (Å²) < 4.78 is 45.9. The lowest BCUT2D eigenvalue weighted by Gasteiger charge is -2.23. The van der Waals surface area contributed by atoms with Gasteiger partial charge in [-0.05, 0) is 43.4 Å². The molecule has 2 unspecified atom stereocenters. The third-order valence-electron chi connectivity index (χ3n) is 3.19. The Kier molecular flexibility index (Phi) is 4.55. The van der Waals surface area contributed by atoms with Gasteiger partial charge in [-0.3, -0.25) is 0 Å². The maximum atomic E-state index is 12.2. The van der Waals surface area contributed by atoms with Crippen LogP contribution in [0.15, 0.2) is 24.3 Å². The standard InChI is InChI=1S/C14H17F3O3/c1-2-19-13(9-6-7-9)12(18)10-4-3-5-11(8-10)20-14(15,16)17/h3-5,8-9,12-13,18H,2,6-7H2,1H3. The Morgan fingerprint density at radius 1 is 1.35 bits per heavy atom. The number of benzene rings is 1. The molecule has 2 atom stereocenters. The Bertz CT molecular complexity index is 444. The van der Waals surface area contributed by atoms with E-state index in [0.717, 1.165) is 12.8 Å². The molecule has 0 bridgehead atoms. The number of hydrogen-bond acceptors (Lipinski definition) is 3. The van der Waals surface area contributed by atoms with Crippen LogP contribution in [0.1, 0.15) is 31.4 Å². The number of aliphatic hydroxyl groups excluding tert-OH is 1. The molecule has 2 rings (SSSR count). The Labute approximate surface area is 115 Å². The number of alkyl halides is 3. The third kappa shape index (κ3) is 4.11. The monoisotopic (exact) mass is 290 g/mol. The van der Waals surface area contributed by atoms with Crippen LogP contribution in [0.4, 0.5) is 13.2 Å². The molecule has 0 amide bonds. The molecule has 0 heterocycles. The van der Waals surface area contributed by atoms with E-state index in [1.807, 2.05) is 6.92 Å². The van der Waals surface area contributed by atoms with Crippen molar-refractivity contribution in [3.05, 3.63) is 29.8 Å². The molecule has 1 aliphatic carbocycles. The second-order valence-electron chi connectivity index (χ2n) is 4.82. The average Bonchev–Trinajstić information content (AvgIpc) is 3.17. The number of ether oxygens (including phenoxy) is 2. The molecular weight excluding hydrogens is 273 g/mol. The van der Waals surface area contributed by atoms with E-state index in [1.54, 1.807) is 6.07 Å². The molecule has 1 fully saturated rings. The first kappa shape index (κ1) is 15.1. The molecule has 1 saturated carbocycles. The lowest BCUT2D eigenvalue weighted by molar-refractivity contribution is -0.274.